The van der Waals surface area contributed by atoms with Gasteiger partial charge in [0.1, 0.15) is 12.2 Å². The summed E-state index contributed by atoms with van der Waals surface area (Å²) in [6.45, 7) is 13.8. The number of aliphatic hydroxyl groups excluding tert-OH is 2. The maximum absolute atomic E-state index is 11.5. The van der Waals surface area contributed by atoms with Gasteiger partial charge < -0.3 is 19.5 Å². The molecule has 4 fully saturated rings. The number of aliphatic hydroxyl groups is 2. The normalized spacial score (nSPS) is 48.7. The number of hydrogen-bond donors (Lipinski definition) is 2. The summed E-state index contributed by atoms with van der Waals surface area (Å²) in [5.74, 6) is 2.63. The van der Waals surface area contributed by atoms with Gasteiger partial charge in [0.05, 0.1) is 18.3 Å². The van der Waals surface area contributed by atoms with E-state index in [1.165, 1.54) is 12.0 Å². The van der Waals surface area contributed by atoms with Gasteiger partial charge in [0.15, 0.2) is 0 Å². The van der Waals surface area contributed by atoms with E-state index in [0.717, 1.165) is 19.3 Å². The third-order valence-corrected chi connectivity index (χ3v) is 12.2. The molecule has 0 aromatic carbocycles. The van der Waals surface area contributed by atoms with Crippen LogP contribution in [0.25, 0.3) is 0 Å². The van der Waals surface area contributed by atoms with Gasteiger partial charge in [0, 0.05) is 0 Å². The first-order valence-corrected chi connectivity index (χ1v) is 15.4. The zero-order valence-electron chi connectivity index (χ0n) is 23.6. The first-order chi connectivity index (χ1) is 16.7. The number of rotatable bonds is 6. The van der Waals surface area contributed by atoms with Crippen molar-refractivity contribution in [2.45, 2.75) is 111 Å². The average Bonchev–Trinajstić information content (AvgIpc) is 3.49. The molecule has 3 saturated carbocycles. The summed E-state index contributed by atoms with van der Waals surface area (Å²) >= 11 is 0. The SMILES string of the molecule is CC(C)[C@@H](C)[C@@H]1O[C@H]1[C@@H](C)[C@H]1CC[C@H]2C3=CCC4[C@H](OS(=O)(=O)[O-])[C@@H](O)[C@H](O)C[C@]4(C)[C@H]3CC[C@]12C.[Na+]. The molecule has 13 atom stereocenters. The van der Waals surface area contributed by atoms with Crippen LogP contribution in [-0.4, -0.2) is 53.7 Å². The minimum atomic E-state index is -5.00. The van der Waals surface area contributed by atoms with Crippen LogP contribution < -0.4 is 29.6 Å². The van der Waals surface area contributed by atoms with E-state index in [1.54, 1.807) is 0 Å². The van der Waals surface area contributed by atoms with Crippen LogP contribution in [0.4, 0.5) is 0 Å². The summed E-state index contributed by atoms with van der Waals surface area (Å²) in [5, 5.41) is 21.3. The number of epoxide rings is 1. The second-order valence-electron chi connectivity index (χ2n) is 13.6. The van der Waals surface area contributed by atoms with Crippen molar-refractivity contribution < 1.29 is 61.7 Å². The standard InChI is InChI=1S/C28H46O7S.Na/c1-14(2)15(3)24-25(34-24)16(4)18-9-10-19-17-7-8-21-26(35-36(31,32)33)23(30)22(29)13-28(21,6)20(17)11-12-27(18,19)5;/h7,14-16,18-26,29-30H,8-13H2,1-6H3,(H,31,32,33);/q;+1/p-1/t15-,16+,18-,19+,20+,21?,22-,23+,24+,25+,26+,27-,28-;/m1./s1. The molecule has 37 heavy (non-hydrogen) atoms. The molecule has 0 aromatic rings. The number of allylic oxidation sites excluding steroid dienone is 2. The first-order valence-electron chi connectivity index (χ1n) is 14.0. The molecule has 0 amide bonds. The van der Waals surface area contributed by atoms with E-state index in [9.17, 15) is 23.2 Å². The predicted molar refractivity (Wildman–Crippen MR) is 134 cm³/mol. The fraction of sp³-hybridized carbons (Fsp3) is 0.929. The van der Waals surface area contributed by atoms with E-state index in [4.69, 9.17) is 8.92 Å². The Labute approximate surface area is 245 Å². The van der Waals surface area contributed by atoms with Gasteiger partial charge in [-0.1, -0.05) is 53.2 Å². The van der Waals surface area contributed by atoms with Crippen molar-refractivity contribution in [3.05, 3.63) is 11.6 Å². The predicted octanol–water partition coefficient (Wildman–Crippen LogP) is 1.05. The van der Waals surface area contributed by atoms with Crippen molar-refractivity contribution >= 4 is 10.4 Å². The van der Waals surface area contributed by atoms with Crippen LogP contribution in [-0.2, 0) is 19.3 Å². The number of ether oxygens (including phenoxy) is 1. The molecule has 1 unspecified atom stereocenters. The molecule has 4 aliphatic carbocycles. The Kier molecular flexibility index (Phi) is 8.56. The van der Waals surface area contributed by atoms with Gasteiger partial charge >= 0.3 is 29.6 Å². The van der Waals surface area contributed by atoms with E-state index in [1.807, 2.05) is 0 Å². The smallest absolute Gasteiger partial charge is 0.726 e. The Morgan fingerprint density at radius 2 is 1.70 bits per heavy atom. The van der Waals surface area contributed by atoms with Crippen LogP contribution in [0, 0.1) is 52.3 Å². The molecule has 0 radical (unpaired) electrons. The van der Waals surface area contributed by atoms with Gasteiger partial charge in [-0.05, 0) is 90.8 Å². The molecule has 0 spiro atoms. The van der Waals surface area contributed by atoms with E-state index >= 15 is 0 Å². The van der Waals surface area contributed by atoms with Crippen LogP contribution >= 0.6 is 0 Å². The third-order valence-electron chi connectivity index (χ3n) is 11.7. The zero-order chi connectivity index (χ0) is 26.4. The largest absolute Gasteiger partial charge is 1.00 e. The van der Waals surface area contributed by atoms with Crippen molar-refractivity contribution in [1.82, 2.24) is 0 Å². The van der Waals surface area contributed by atoms with E-state index in [-0.39, 0.29) is 46.8 Å². The Morgan fingerprint density at radius 1 is 1.05 bits per heavy atom. The van der Waals surface area contributed by atoms with Crippen LogP contribution in [0.1, 0.15) is 80.1 Å². The van der Waals surface area contributed by atoms with Gasteiger partial charge in [-0.15, -0.1) is 0 Å². The van der Waals surface area contributed by atoms with E-state index in [2.05, 4.69) is 47.6 Å². The molecule has 7 nitrogen and oxygen atoms in total. The van der Waals surface area contributed by atoms with Gasteiger partial charge in [-0.25, -0.2) is 8.42 Å². The first kappa shape index (κ1) is 30.4. The minimum absolute atomic E-state index is 0. The topological polar surface area (TPSA) is 119 Å². The van der Waals surface area contributed by atoms with Crippen molar-refractivity contribution in [1.29, 1.82) is 0 Å². The van der Waals surface area contributed by atoms with Crippen LogP contribution in [0.5, 0.6) is 0 Å². The Morgan fingerprint density at radius 3 is 2.32 bits per heavy atom. The molecule has 1 saturated heterocycles. The van der Waals surface area contributed by atoms with Crippen molar-refractivity contribution in [3.63, 3.8) is 0 Å². The van der Waals surface area contributed by atoms with Crippen LogP contribution in [0.15, 0.2) is 11.6 Å². The molecule has 1 aliphatic heterocycles. The van der Waals surface area contributed by atoms with Gasteiger partial charge in [0.2, 0.25) is 10.4 Å². The minimum Gasteiger partial charge on any atom is -0.726 e. The van der Waals surface area contributed by atoms with Crippen LogP contribution in [0.3, 0.4) is 0 Å². The summed E-state index contributed by atoms with van der Waals surface area (Å²) in [6.07, 6.45) is 4.60. The fourth-order valence-corrected chi connectivity index (χ4v) is 9.89. The average molecular weight is 549 g/mol. The quantitative estimate of drug-likeness (QED) is 0.167. The molecule has 1 heterocycles. The molecule has 0 bridgehead atoms. The zero-order valence-corrected chi connectivity index (χ0v) is 26.4. The molecular formula is C28H45NaO7S. The van der Waals surface area contributed by atoms with E-state index < -0.39 is 34.1 Å². The molecule has 5 rings (SSSR count). The summed E-state index contributed by atoms with van der Waals surface area (Å²) < 4.78 is 45.5. The summed E-state index contributed by atoms with van der Waals surface area (Å²) in [5.41, 5.74) is 1.22. The summed E-state index contributed by atoms with van der Waals surface area (Å²) in [7, 11) is -5.00. The van der Waals surface area contributed by atoms with Crippen molar-refractivity contribution in [2.24, 2.45) is 52.3 Å². The number of hydrogen-bond acceptors (Lipinski definition) is 7. The summed E-state index contributed by atoms with van der Waals surface area (Å²) in [6, 6.07) is 0. The maximum atomic E-state index is 11.5. The molecule has 206 valence electrons. The Bertz CT molecular complexity index is 1000. The molecule has 0 aromatic heterocycles. The van der Waals surface area contributed by atoms with Gasteiger partial charge in [-0.2, -0.15) is 0 Å². The van der Waals surface area contributed by atoms with Gasteiger partial charge in [0.25, 0.3) is 0 Å². The second-order valence-corrected chi connectivity index (χ2v) is 14.7. The molecule has 5 aliphatic rings. The molecule has 2 N–H and O–H groups in total. The summed E-state index contributed by atoms with van der Waals surface area (Å²) in [4.78, 5) is 0. The Hall–Kier alpha value is 0.490. The van der Waals surface area contributed by atoms with Crippen molar-refractivity contribution in [3.8, 4) is 0 Å². The molecular weight excluding hydrogens is 503 g/mol. The monoisotopic (exact) mass is 548 g/mol. The number of fused-ring (bicyclic) bond motifs is 5. The molecule has 9 heteroatoms. The Balaban J connectivity index is 0.00000320. The van der Waals surface area contributed by atoms with E-state index in [0.29, 0.717) is 54.6 Å². The van der Waals surface area contributed by atoms with Crippen molar-refractivity contribution in [2.75, 3.05) is 0 Å². The van der Waals surface area contributed by atoms with Crippen LogP contribution in [0.2, 0.25) is 0 Å². The second kappa shape index (κ2) is 10.4. The fourth-order valence-electron chi connectivity index (χ4n) is 9.37. The van der Waals surface area contributed by atoms with Gasteiger partial charge in [-0.3, -0.25) is 4.18 Å². The third kappa shape index (κ3) is 5.07. The maximum Gasteiger partial charge on any atom is 1.00 e.